The van der Waals surface area contributed by atoms with Crippen LogP contribution in [0.15, 0.2) is 0 Å². The molecule has 1 saturated carbocycles. The molecule has 4 atom stereocenters. The molecule has 3 N–H and O–H groups in total. The summed E-state index contributed by atoms with van der Waals surface area (Å²) >= 11 is 0. The van der Waals surface area contributed by atoms with Crippen LogP contribution < -0.4 is 5.32 Å². The SMILES string of the molecule is CC(=O)NC1C(N(C)C(=O)OC(C)(C)C)[C@@](C)(C(=O)O)C[C@H]1C(=O)O. The van der Waals surface area contributed by atoms with Crippen molar-refractivity contribution in [3.63, 3.8) is 0 Å². The van der Waals surface area contributed by atoms with E-state index in [1.165, 1.54) is 20.9 Å². The van der Waals surface area contributed by atoms with Crippen LogP contribution in [0, 0.1) is 11.3 Å². The third-order valence-electron chi connectivity index (χ3n) is 4.34. The predicted octanol–water partition coefficient (Wildman–Crippen LogP) is 0.922. The lowest BCUT2D eigenvalue weighted by atomic mass is 9.83. The number of nitrogens with zero attached hydrogens (tertiary/aromatic N) is 1. The fraction of sp³-hybridized carbons (Fsp3) is 0.750. The van der Waals surface area contributed by atoms with Crippen molar-refractivity contribution in [1.82, 2.24) is 10.2 Å². The summed E-state index contributed by atoms with van der Waals surface area (Å²) in [7, 11) is 1.35. The number of aliphatic carboxylic acids is 2. The minimum absolute atomic E-state index is 0.222. The van der Waals surface area contributed by atoms with Crippen LogP contribution in [-0.2, 0) is 19.1 Å². The van der Waals surface area contributed by atoms with Gasteiger partial charge in [0.15, 0.2) is 0 Å². The first kappa shape index (κ1) is 20.7. The van der Waals surface area contributed by atoms with E-state index >= 15 is 0 Å². The zero-order valence-electron chi connectivity index (χ0n) is 15.3. The summed E-state index contributed by atoms with van der Waals surface area (Å²) in [6, 6.07) is -2.13. The molecular weight excluding hydrogens is 332 g/mol. The van der Waals surface area contributed by atoms with Crippen LogP contribution >= 0.6 is 0 Å². The monoisotopic (exact) mass is 358 g/mol. The van der Waals surface area contributed by atoms with E-state index in [0.29, 0.717) is 0 Å². The molecule has 9 nitrogen and oxygen atoms in total. The molecule has 142 valence electrons. The largest absolute Gasteiger partial charge is 0.481 e. The maximum atomic E-state index is 12.4. The summed E-state index contributed by atoms with van der Waals surface area (Å²) in [6.45, 7) is 7.57. The van der Waals surface area contributed by atoms with Crippen molar-refractivity contribution >= 4 is 23.9 Å². The van der Waals surface area contributed by atoms with E-state index < -0.39 is 53.0 Å². The highest BCUT2D eigenvalue weighted by atomic mass is 16.6. The fourth-order valence-corrected chi connectivity index (χ4v) is 3.31. The van der Waals surface area contributed by atoms with Crippen LogP contribution in [0.3, 0.4) is 0 Å². The predicted molar refractivity (Wildman–Crippen MR) is 86.9 cm³/mol. The molecule has 1 fully saturated rings. The van der Waals surface area contributed by atoms with Crippen molar-refractivity contribution in [2.75, 3.05) is 7.05 Å². The average Bonchev–Trinajstić information content (AvgIpc) is 2.70. The van der Waals surface area contributed by atoms with Crippen molar-refractivity contribution < 1.29 is 34.1 Å². The van der Waals surface area contributed by atoms with Gasteiger partial charge in [0.1, 0.15) is 5.60 Å². The van der Waals surface area contributed by atoms with Gasteiger partial charge in [0.25, 0.3) is 0 Å². The van der Waals surface area contributed by atoms with Gasteiger partial charge in [-0.05, 0) is 34.1 Å². The maximum absolute atomic E-state index is 12.4. The molecule has 0 aliphatic heterocycles. The van der Waals surface area contributed by atoms with Gasteiger partial charge in [-0.15, -0.1) is 0 Å². The van der Waals surface area contributed by atoms with Crippen LogP contribution in [0.25, 0.3) is 0 Å². The minimum Gasteiger partial charge on any atom is -0.481 e. The van der Waals surface area contributed by atoms with Crippen LogP contribution in [0.1, 0.15) is 41.0 Å². The molecule has 25 heavy (non-hydrogen) atoms. The molecular formula is C16H26N2O7. The van der Waals surface area contributed by atoms with Crippen LogP contribution in [0.4, 0.5) is 4.79 Å². The van der Waals surface area contributed by atoms with Crippen molar-refractivity contribution in [1.29, 1.82) is 0 Å². The number of hydrogen-bond acceptors (Lipinski definition) is 5. The van der Waals surface area contributed by atoms with E-state index in [0.717, 1.165) is 4.90 Å². The molecule has 0 heterocycles. The first-order valence-corrected chi connectivity index (χ1v) is 7.90. The summed E-state index contributed by atoms with van der Waals surface area (Å²) in [5.41, 5.74) is -2.36. The van der Waals surface area contributed by atoms with Crippen molar-refractivity contribution in [2.24, 2.45) is 11.3 Å². The van der Waals surface area contributed by atoms with Gasteiger partial charge >= 0.3 is 18.0 Å². The molecule has 2 unspecified atom stereocenters. The van der Waals surface area contributed by atoms with Gasteiger partial charge in [0.2, 0.25) is 5.91 Å². The molecule has 1 rings (SSSR count). The topological polar surface area (TPSA) is 133 Å². The standard InChI is InChI=1S/C16H26N2O7/c1-8(19)17-10-9(12(20)21)7-16(5,13(22)23)11(10)18(6)14(24)25-15(2,3)4/h9-11H,7H2,1-6H3,(H,17,19)(H,20,21)(H,22,23)/t9-,10?,11?,16+/m1/s1. The molecule has 0 spiro atoms. The Balaban J connectivity index is 3.33. The summed E-state index contributed by atoms with van der Waals surface area (Å²) in [5.74, 6) is -4.12. The molecule has 9 heteroatoms. The molecule has 1 aliphatic rings. The number of carbonyl (C=O) groups is 4. The Kier molecular flexibility index (Phi) is 5.71. The van der Waals surface area contributed by atoms with Crippen molar-refractivity contribution in [2.45, 2.75) is 58.7 Å². The zero-order valence-corrected chi connectivity index (χ0v) is 15.3. The van der Waals surface area contributed by atoms with Crippen LogP contribution in [-0.4, -0.2) is 63.8 Å². The Morgan fingerprint density at radius 1 is 1.20 bits per heavy atom. The highest BCUT2D eigenvalue weighted by molar-refractivity contribution is 5.83. The number of carboxylic acid groups (broad SMARTS) is 2. The second-order valence-electron chi connectivity index (χ2n) is 7.63. The Bertz CT molecular complexity index is 584. The lowest BCUT2D eigenvalue weighted by Gasteiger charge is -2.38. The quantitative estimate of drug-likeness (QED) is 0.680. The lowest BCUT2D eigenvalue weighted by Crippen LogP contribution is -2.58. The van der Waals surface area contributed by atoms with Gasteiger partial charge in [0, 0.05) is 14.0 Å². The summed E-state index contributed by atoms with van der Waals surface area (Å²) in [5, 5.41) is 21.6. The summed E-state index contributed by atoms with van der Waals surface area (Å²) in [4.78, 5) is 48.5. The van der Waals surface area contributed by atoms with Gasteiger partial charge in [-0.3, -0.25) is 14.4 Å². The normalized spacial score (nSPS) is 29.0. The van der Waals surface area contributed by atoms with Gasteiger partial charge in [-0.2, -0.15) is 0 Å². The number of likely N-dealkylation sites (N-methyl/N-ethyl adjacent to an activating group) is 1. The van der Waals surface area contributed by atoms with Crippen LogP contribution in [0.5, 0.6) is 0 Å². The summed E-state index contributed by atoms with van der Waals surface area (Å²) in [6.07, 6.45) is -1.01. The molecule has 0 aromatic rings. The first-order chi connectivity index (χ1) is 11.2. The number of carboxylic acids is 2. The number of ether oxygens (including phenoxy) is 1. The zero-order chi connectivity index (χ0) is 19.7. The lowest BCUT2D eigenvalue weighted by molar-refractivity contribution is -0.151. The fourth-order valence-electron chi connectivity index (χ4n) is 3.31. The van der Waals surface area contributed by atoms with Gasteiger partial charge in [-0.25, -0.2) is 4.79 Å². The van der Waals surface area contributed by atoms with E-state index in [2.05, 4.69) is 5.32 Å². The summed E-state index contributed by atoms with van der Waals surface area (Å²) < 4.78 is 5.27. The second kappa shape index (κ2) is 6.89. The number of hydrogen-bond donors (Lipinski definition) is 3. The van der Waals surface area contributed by atoms with Gasteiger partial charge < -0.3 is 25.2 Å². The third-order valence-corrected chi connectivity index (χ3v) is 4.34. The molecule has 0 radical (unpaired) electrons. The highest BCUT2D eigenvalue weighted by Crippen LogP contribution is 2.45. The van der Waals surface area contributed by atoms with Crippen molar-refractivity contribution in [3.8, 4) is 0 Å². The third kappa shape index (κ3) is 4.40. The van der Waals surface area contributed by atoms with E-state index in [9.17, 15) is 29.4 Å². The first-order valence-electron chi connectivity index (χ1n) is 7.90. The average molecular weight is 358 g/mol. The number of rotatable bonds is 4. The number of nitrogens with one attached hydrogen (secondary N) is 1. The molecule has 0 bridgehead atoms. The number of carbonyl (C=O) groups excluding carboxylic acids is 2. The van der Waals surface area contributed by atoms with E-state index in [1.807, 2.05) is 0 Å². The highest BCUT2D eigenvalue weighted by Gasteiger charge is 2.60. The van der Waals surface area contributed by atoms with Gasteiger partial charge in [0.05, 0.1) is 23.4 Å². The Morgan fingerprint density at radius 2 is 1.72 bits per heavy atom. The van der Waals surface area contributed by atoms with E-state index in [-0.39, 0.29) is 6.42 Å². The Morgan fingerprint density at radius 3 is 2.08 bits per heavy atom. The second-order valence-corrected chi connectivity index (χ2v) is 7.63. The maximum Gasteiger partial charge on any atom is 0.410 e. The molecule has 0 saturated heterocycles. The molecule has 0 aromatic heterocycles. The molecule has 2 amide bonds. The van der Waals surface area contributed by atoms with Crippen molar-refractivity contribution in [3.05, 3.63) is 0 Å². The Labute approximate surface area is 146 Å². The van der Waals surface area contributed by atoms with E-state index in [4.69, 9.17) is 4.74 Å². The van der Waals surface area contributed by atoms with E-state index in [1.54, 1.807) is 20.8 Å². The Hall–Kier alpha value is -2.32. The minimum atomic E-state index is -1.55. The van der Waals surface area contributed by atoms with Gasteiger partial charge in [-0.1, -0.05) is 0 Å². The smallest absolute Gasteiger partial charge is 0.410 e. The number of amides is 2. The molecule has 0 aromatic carbocycles. The van der Waals surface area contributed by atoms with Crippen LogP contribution in [0.2, 0.25) is 0 Å². The molecule has 1 aliphatic carbocycles.